The van der Waals surface area contributed by atoms with E-state index in [0.717, 1.165) is 5.69 Å². The summed E-state index contributed by atoms with van der Waals surface area (Å²) in [7, 11) is 1.49. The lowest BCUT2D eigenvalue weighted by Crippen LogP contribution is -2.12. The minimum Gasteiger partial charge on any atom is -0.507 e. The maximum absolute atomic E-state index is 12.4. The lowest BCUT2D eigenvalue weighted by Gasteiger charge is -2.10. The Labute approximate surface area is 151 Å². The first kappa shape index (κ1) is 17.3. The summed E-state index contributed by atoms with van der Waals surface area (Å²) in [5.74, 6) is 0.507. The van der Waals surface area contributed by atoms with Crippen molar-refractivity contribution in [3.05, 3.63) is 78.1 Å². The van der Waals surface area contributed by atoms with Crippen LogP contribution in [0.25, 0.3) is 0 Å². The van der Waals surface area contributed by atoms with E-state index >= 15 is 0 Å². The van der Waals surface area contributed by atoms with E-state index in [2.05, 4.69) is 10.3 Å². The van der Waals surface area contributed by atoms with Gasteiger partial charge >= 0.3 is 0 Å². The smallest absolute Gasteiger partial charge is 0.259 e. The maximum Gasteiger partial charge on any atom is 0.259 e. The van der Waals surface area contributed by atoms with E-state index in [4.69, 9.17) is 9.47 Å². The molecule has 0 atom stereocenters. The molecule has 1 heterocycles. The fourth-order valence-corrected chi connectivity index (χ4v) is 2.33. The van der Waals surface area contributed by atoms with Gasteiger partial charge in [0.1, 0.15) is 23.9 Å². The van der Waals surface area contributed by atoms with E-state index in [-0.39, 0.29) is 11.3 Å². The lowest BCUT2D eigenvalue weighted by molar-refractivity contribution is 0.102. The van der Waals surface area contributed by atoms with Crippen LogP contribution in [0.15, 0.2) is 66.9 Å². The number of pyridine rings is 1. The molecule has 1 amide bonds. The van der Waals surface area contributed by atoms with Crippen molar-refractivity contribution in [3.63, 3.8) is 0 Å². The van der Waals surface area contributed by atoms with Gasteiger partial charge in [-0.25, -0.2) is 0 Å². The second-order valence-electron chi connectivity index (χ2n) is 5.47. The predicted octanol–water partition coefficient (Wildman–Crippen LogP) is 3.63. The zero-order chi connectivity index (χ0) is 18.4. The molecule has 0 fully saturated rings. The number of rotatable bonds is 6. The normalized spacial score (nSPS) is 10.2. The quantitative estimate of drug-likeness (QED) is 0.710. The number of phenolic OH excluding ortho intramolecular Hbond substituents is 1. The Morgan fingerprint density at radius 3 is 2.69 bits per heavy atom. The Hall–Kier alpha value is -3.54. The summed E-state index contributed by atoms with van der Waals surface area (Å²) < 4.78 is 10.7. The molecule has 2 aromatic carbocycles. The van der Waals surface area contributed by atoms with Crippen molar-refractivity contribution in [2.75, 3.05) is 12.4 Å². The molecule has 0 saturated heterocycles. The van der Waals surface area contributed by atoms with Gasteiger partial charge in [0.05, 0.1) is 18.4 Å². The molecular weight excluding hydrogens is 332 g/mol. The molecule has 132 valence electrons. The monoisotopic (exact) mass is 350 g/mol. The van der Waals surface area contributed by atoms with Crippen molar-refractivity contribution in [1.82, 2.24) is 4.98 Å². The van der Waals surface area contributed by atoms with Crippen LogP contribution in [0, 0.1) is 0 Å². The summed E-state index contributed by atoms with van der Waals surface area (Å²) in [5, 5.41) is 12.7. The Morgan fingerprint density at radius 1 is 1.08 bits per heavy atom. The van der Waals surface area contributed by atoms with Crippen LogP contribution in [0.5, 0.6) is 17.2 Å². The third-order valence-corrected chi connectivity index (χ3v) is 3.65. The number of aromatic hydroxyl groups is 1. The van der Waals surface area contributed by atoms with Crippen LogP contribution < -0.4 is 14.8 Å². The highest BCUT2D eigenvalue weighted by Gasteiger charge is 2.12. The van der Waals surface area contributed by atoms with E-state index in [9.17, 15) is 9.90 Å². The number of nitrogens with zero attached hydrogens (tertiary/aromatic N) is 1. The van der Waals surface area contributed by atoms with Gasteiger partial charge in [-0.1, -0.05) is 12.1 Å². The van der Waals surface area contributed by atoms with Gasteiger partial charge in [0.25, 0.3) is 5.91 Å². The van der Waals surface area contributed by atoms with Gasteiger partial charge in [-0.2, -0.15) is 0 Å². The fraction of sp³-hybridized carbons (Fsp3) is 0.100. The lowest BCUT2D eigenvalue weighted by atomic mass is 10.1. The van der Waals surface area contributed by atoms with Crippen LogP contribution in [0.2, 0.25) is 0 Å². The highest BCUT2D eigenvalue weighted by molar-refractivity contribution is 6.06. The first-order valence-electron chi connectivity index (χ1n) is 7.97. The molecule has 0 bridgehead atoms. The number of aromatic nitrogens is 1. The number of anilines is 1. The number of nitrogens with one attached hydrogen (secondary N) is 1. The Kier molecular flexibility index (Phi) is 5.34. The molecule has 0 radical (unpaired) electrons. The van der Waals surface area contributed by atoms with Gasteiger partial charge in [-0.15, -0.1) is 0 Å². The van der Waals surface area contributed by atoms with Gasteiger partial charge in [0.15, 0.2) is 0 Å². The second kappa shape index (κ2) is 8.02. The van der Waals surface area contributed by atoms with Crippen LogP contribution in [-0.4, -0.2) is 23.1 Å². The van der Waals surface area contributed by atoms with E-state index in [1.165, 1.54) is 19.2 Å². The van der Waals surface area contributed by atoms with E-state index in [1.807, 2.05) is 18.2 Å². The number of methoxy groups -OCH3 is 1. The topological polar surface area (TPSA) is 80.7 Å². The SMILES string of the molecule is COc1ccc(C(=O)Nc2cccc(OCc3ccccn3)c2)c(O)c1. The van der Waals surface area contributed by atoms with Gasteiger partial charge in [0, 0.05) is 24.0 Å². The number of ether oxygens (including phenoxy) is 2. The molecule has 6 nitrogen and oxygen atoms in total. The number of amides is 1. The number of hydrogen-bond donors (Lipinski definition) is 2. The Balaban J connectivity index is 1.67. The van der Waals surface area contributed by atoms with Crippen molar-refractivity contribution >= 4 is 11.6 Å². The second-order valence-corrected chi connectivity index (χ2v) is 5.47. The molecule has 2 N–H and O–H groups in total. The first-order valence-corrected chi connectivity index (χ1v) is 7.97. The third-order valence-electron chi connectivity index (χ3n) is 3.65. The molecule has 3 rings (SSSR count). The molecule has 0 aliphatic heterocycles. The van der Waals surface area contributed by atoms with Gasteiger partial charge < -0.3 is 19.9 Å². The number of carbonyl (C=O) groups excluding carboxylic acids is 1. The number of hydrogen-bond acceptors (Lipinski definition) is 5. The standard InChI is InChI=1S/C20H18N2O4/c1-25-16-8-9-18(19(23)12-16)20(24)22-14-6-4-7-17(11-14)26-13-15-5-2-3-10-21-15/h2-12,23H,13H2,1H3,(H,22,24). The van der Waals surface area contributed by atoms with Crippen LogP contribution in [-0.2, 0) is 6.61 Å². The van der Waals surface area contributed by atoms with Crippen molar-refractivity contribution in [2.24, 2.45) is 0 Å². The number of carbonyl (C=O) groups is 1. The number of phenols is 1. The highest BCUT2D eigenvalue weighted by atomic mass is 16.5. The van der Waals surface area contributed by atoms with E-state index in [0.29, 0.717) is 23.8 Å². The molecule has 1 aromatic heterocycles. The van der Waals surface area contributed by atoms with E-state index < -0.39 is 5.91 Å². The minimum atomic E-state index is -0.424. The summed E-state index contributed by atoms with van der Waals surface area (Å²) in [6.07, 6.45) is 1.71. The van der Waals surface area contributed by atoms with Crippen LogP contribution >= 0.6 is 0 Å². The molecule has 0 spiro atoms. The minimum absolute atomic E-state index is 0.149. The summed E-state index contributed by atoms with van der Waals surface area (Å²) in [6.45, 7) is 0.331. The van der Waals surface area contributed by atoms with Crippen LogP contribution in [0.3, 0.4) is 0 Å². The van der Waals surface area contributed by atoms with E-state index in [1.54, 1.807) is 36.5 Å². The molecule has 0 saturated carbocycles. The summed E-state index contributed by atoms with van der Waals surface area (Å²) in [6, 6.07) is 17.1. The Morgan fingerprint density at radius 2 is 1.96 bits per heavy atom. The zero-order valence-corrected chi connectivity index (χ0v) is 14.2. The van der Waals surface area contributed by atoms with Crippen LogP contribution in [0.1, 0.15) is 16.1 Å². The summed E-state index contributed by atoms with van der Waals surface area (Å²) >= 11 is 0. The predicted molar refractivity (Wildman–Crippen MR) is 97.6 cm³/mol. The maximum atomic E-state index is 12.4. The molecular formula is C20H18N2O4. The number of benzene rings is 2. The van der Waals surface area contributed by atoms with Crippen molar-refractivity contribution in [1.29, 1.82) is 0 Å². The van der Waals surface area contributed by atoms with Gasteiger partial charge in [0.2, 0.25) is 0 Å². The average Bonchev–Trinajstić information content (AvgIpc) is 2.67. The highest BCUT2D eigenvalue weighted by Crippen LogP contribution is 2.25. The third kappa shape index (κ3) is 4.30. The van der Waals surface area contributed by atoms with Crippen LogP contribution in [0.4, 0.5) is 5.69 Å². The summed E-state index contributed by atoms with van der Waals surface area (Å²) in [5.41, 5.74) is 1.53. The zero-order valence-electron chi connectivity index (χ0n) is 14.2. The van der Waals surface area contributed by atoms with Gasteiger partial charge in [-0.3, -0.25) is 9.78 Å². The molecule has 0 aliphatic carbocycles. The molecule has 6 heteroatoms. The molecule has 0 aliphatic rings. The molecule has 26 heavy (non-hydrogen) atoms. The molecule has 3 aromatic rings. The fourth-order valence-electron chi connectivity index (χ4n) is 2.33. The first-order chi connectivity index (χ1) is 12.7. The van der Waals surface area contributed by atoms with Crippen molar-refractivity contribution < 1.29 is 19.4 Å². The molecule has 0 unspecified atom stereocenters. The van der Waals surface area contributed by atoms with Crippen molar-refractivity contribution in [2.45, 2.75) is 6.61 Å². The Bertz CT molecular complexity index is 897. The average molecular weight is 350 g/mol. The summed E-state index contributed by atoms with van der Waals surface area (Å²) in [4.78, 5) is 16.6. The largest absolute Gasteiger partial charge is 0.507 e. The van der Waals surface area contributed by atoms with Crippen molar-refractivity contribution in [3.8, 4) is 17.2 Å². The van der Waals surface area contributed by atoms with Gasteiger partial charge in [-0.05, 0) is 36.4 Å².